The average molecular weight is 499 g/mol. The number of benzene rings is 3. The number of allylic oxidation sites excluding steroid dienone is 1. The van der Waals surface area contributed by atoms with Crippen molar-refractivity contribution in [3.63, 3.8) is 0 Å². The summed E-state index contributed by atoms with van der Waals surface area (Å²) in [6.45, 7) is 8.53. The predicted octanol–water partition coefficient (Wildman–Crippen LogP) is 7.01. The molecule has 36 heavy (non-hydrogen) atoms. The van der Waals surface area contributed by atoms with Crippen LogP contribution in [0.15, 0.2) is 77.0 Å². The van der Waals surface area contributed by atoms with Gasteiger partial charge in [0.25, 0.3) is 5.89 Å². The molecule has 2 amide bonds. The van der Waals surface area contributed by atoms with Crippen molar-refractivity contribution in [1.29, 1.82) is 0 Å². The molecule has 6 nitrogen and oxygen atoms in total. The molecule has 1 aliphatic heterocycles. The number of carbonyl (C=O) groups is 1. The van der Waals surface area contributed by atoms with E-state index in [9.17, 15) is 4.79 Å². The first kappa shape index (κ1) is 23.8. The number of nitrogens with zero attached hydrogens (tertiary/aromatic N) is 3. The van der Waals surface area contributed by atoms with Gasteiger partial charge in [-0.25, -0.2) is 4.79 Å². The Morgan fingerprint density at radius 1 is 0.972 bits per heavy atom. The van der Waals surface area contributed by atoms with Crippen LogP contribution in [0.4, 0.5) is 4.79 Å². The van der Waals surface area contributed by atoms with Gasteiger partial charge >= 0.3 is 6.03 Å². The van der Waals surface area contributed by atoms with Crippen LogP contribution in [-0.2, 0) is 6.54 Å². The van der Waals surface area contributed by atoms with E-state index in [1.54, 1.807) is 17.0 Å². The third-order valence-electron chi connectivity index (χ3n) is 6.62. The van der Waals surface area contributed by atoms with E-state index in [0.717, 1.165) is 39.1 Å². The van der Waals surface area contributed by atoms with Gasteiger partial charge in [-0.05, 0) is 62.1 Å². The number of aromatic nitrogens is 2. The molecule has 1 unspecified atom stereocenters. The lowest BCUT2D eigenvalue weighted by atomic mass is 9.92. The van der Waals surface area contributed by atoms with Gasteiger partial charge in [0.15, 0.2) is 0 Å². The Balaban J connectivity index is 1.62. The second kappa shape index (κ2) is 9.63. The van der Waals surface area contributed by atoms with Gasteiger partial charge in [-0.1, -0.05) is 76.9 Å². The van der Waals surface area contributed by atoms with E-state index in [-0.39, 0.29) is 6.03 Å². The molecule has 0 bridgehead atoms. The van der Waals surface area contributed by atoms with Crippen molar-refractivity contribution in [2.45, 2.75) is 40.3 Å². The molecule has 3 aromatic carbocycles. The highest BCUT2D eigenvalue weighted by atomic mass is 35.5. The summed E-state index contributed by atoms with van der Waals surface area (Å²) >= 11 is 6.18. The van der Waals surface area contributed by atoms with Crippen LogP contribution in [0.25, 0.3) is 17.0 Å². The Hall–Kier alpha value is -3.90. The zero-order valence-electron chi connectivity index (χ0n) is 20.7. The van der Waals surface area contributed by atoms with E-state index in [1.165, 1.54) is 5.56 Å². The second-order valence-electron chi connectivity index (χ2n) is 9.23. The molecule has 7 heteroatoms. The molecular weight excluding hydrogens is 472 g/mol. The number of nitrogens with one attached hydrogen (secondary N) is 1. The Morgan fingerprint density at radius 2 is 1.78 bits per heavy atom. The molecule has 0 fully saturated rings. The van der Waals surface area contributed by atoms with Gasteiger partial charge in [-0.2, -0.15) is 4.98 Å². The summed E-state index contributed by atoms with van der Waals surface area (Å²) in [5.74, 6) is 0.800. The third kappa shape index (κ3) is 4.64. The number of carbonyl (C=O) groups excluding carboxylic acids is 1. The van der Waals surface area contributed by atoms with Gasteiger partial charge in [0.1, 0.15) is 0 Å². The highest BCUT2D eigenvalue weighted by Gasteiger charge is 2.36. The first-order chi connectivity index (χ1) is 17.3. The van der Waals surface area contributed by atoms with E-state index in [2.05, 4.69) is 42.5 Å². The highest BCUT2D eigenvalue weighted by Crippen LogP contribution is 2.38. The zero-order valence-corrected chi connectivity index (χ0v) is 21.4. The zero-order chi connectivity index (χ0) is 25.4. The quantitative estimate of drug-likeness (QED) is 0.321. The molecule has 1 atom stereocenters. The molecule has 1 aliphatic rings. The minimum Gasteiger partial charge on any atom is -0.334 e. The van der Waals surface area contributed by atoms with Crippen LogP contribution in [0.3, 0.4) is 0 Å². The molecule has 0 saturated heterocycles. The Kier molecular flexibility index (Phi) is 6.37. The number of aryl methyl sites for hydroxylation is 3. The maximum Gasteiger partial charge on any atom is 0.322 e. The Morgan fingerprint density at radius 3 is 2.53 bits per heavy atom. The van der Waals surface area contributed by atoms with E-state index >= 15 is 0 Å². The number of halogens is 1. The average Bonchev–Trinajstić information content (AvgIpc) is 3.33. The van der Waals surface area contributed by atoms with Crippen molar-refractivity contribution < 1.29 is 9.32 Å². The largest absolute Gasteiger partial charge is 0.334 e. The summed E-state index contributed by atoms with van der Waals surface area (Å²) in [4.78, 5) is 19.8. The van der Waals surface area contributed by atoms with Crippen LogP contribution in [0.1, 0.15) is 46.7 Å². The summed E-state index contributed by atoms with van der Waals surface area (Å²) in [7, 11) is 0. The molecule has 1 aromatic heterocycles. The van der Waals surface area contributed by atoms with E-state index < -0.39 is 6.04 Å². The Bertz CT molecular complexity index is 1490. The first-order valence-corrected chi connectivity index (χ1v) is 12.2. The molecule has 2 heterocycles. The maximum absolute atomic E-state index is 13.4. The van der Waals surface area contributed by atoms with Crippen LogP contribution in [0.5, 0.6) is 0 Å². The topological polar surface area (TPSA) is 71.3 Å². The normalized spacial score (nSPS) is 15.9. The predicted molar refractivity (Wildman–Crippen MR) is 141 cm³/mol. The summed E-state index contributed by atoms with van der Waals surface area (Å²) in [5, 5.41) is 8.00. The van der Waals surface area contributed by atoms with Crippen LogP contribution in [0, 0.1) is 20.8 Å². The van der Waals surface area contributed by atoms with Crippen LogP contribution in [0.2, 0.25) is 5.02 Å². The summed E-state index contributed by atoms with van der Waals surface area (Å²) in [6, 6.07) is 21.1. The molecule has 5 rings (SSSR count). The molecule has 0 saturated carbocycles. The number of rotatable bonds is 5. The van der Waals surface area contributed by atoms with Crippen molar-refractivity contribution >= 4 is 23.2 Å². The molecule has 0 spiro atoms. The molecule has 0 radical (unpaired) electrons. The maximum atomic E-state index is 13.4. The fourth-order valence-corrected chi connectivity index (χ4v) is 4.70. The standard InChI is InChI=1S/C29H27ClN4O2/c1-17-7-5-8-21(13-17)16-34-20(4)25(26(31-29(34)35)22-12-11-18(2)19(3)14-22)28-32-27(33-36-28)23-9-6-10-24(30)15-23/h5-15,26H,16H2,1-4H3,(H,31,35). The van der Waals surface area contributed by atoms with E-state index in [1.807, 2.05) is 50.2 Å². The molecular formula is C29H27ClN4O2. The fraction of sp³-hybridized carbons (Fsp3) is 0.207. The van der Waals surface area contributed by atoms with E-state index in [4.69, 9.17) is 21.1 Å². The van der Waals surface area contributed by atoms with Crippen molar-refractivity contribution in [3.05, 3.63) is 111 Å². The fourth-order valence-electron chi connectivity index (χ4n) is 4.51. The van der Waals surface area contributed by atoms with Crippen molar-refractivity contribution in [2.24, 2.45) is 0 Å². The van der Waals surface area contributed by atoms with Crippen LogP contribution in [-0.4, -0.2) is 21.1 Å². The summed E-state index contributed by atoms with van der Waals surface area (Å²) in [6.07, 6.45) is 0. The van der Waals surface area contributed by atoms with Gasteiger partial charge in [0, 0.05) is 16.3 Å². The molecule has 1 N–H and O–H groups in total. The van der Waals surface area contributed by atoms with E-state index in [0.29, 0.717) is 23.3 Å². The van der Waals surface area contributed by atoms with Gasteiger partial charge in [0.05, 0.1) is 18.2 Å². The molecule has 0 aliphatic carbocycles. The van der Waals surface area contributed by atoms with Gasteiger partial charge in [-0.15, -0.1) is 0 Å². The first-order valence-electron chi connectivity index (χ1n) is 11.8. The lowest BCUT2D eigenvalue weighted by Gasteiger charge is -2.35. The monoisotopic (exact) mass is 498 g/mol. The number of hydrogen-bond donors (Lipinski definition) is 1. The number of urea groups is 1. The van der Waals surface area contributed by atoms with Crippen molar-refractivity contribution in [3.8, 4) is 11.4 Å². The van der Waals surface area contributed by atoms with Crippen LogP contribution >= 0.6 is 11.6 Å². The third-order valence-corrected chi connectivity index (χ3v) is 6.86. The van der Waals surface area contributed by atoms with Gasteiger partial charge in [0.2, 0.25) is 5.82 Å². The lowest BCUT2D eigenvalue weighted by molar-refractivity contribution is 0.203. The van der Waals surface area contributed by atoms with Crippen molar-refractivity contribution in [1.82, 2.24) is 20.4 Å². The molecule has 4 aromatic rings. The molecule has 182 valence electrons. The summed E-state index contributed by atoms with van der Waals surface area (Å²) in [5.41, 5.74) is 7.77. The minimum atomic E-state index is -0.432. The number of amides is 2. The minimum absolute atomic E-state index is 0.171. The van der Waals surface area contributed by atoms with Crippen molar-refractivity contribution in [2.75, 3.05) is 0 Å². The Labute approximate surface area is 215 Å². The highest BCUT2D eigenvalue weighted by molar-refractivity contribution is 6.30. The van der Waals surface area contributed by atoms with Gasteiger partial charge in [-0.3, -0.25) is 4.90 Å². The smallest absolute Gasteiger partial charge is 0.322 e. The van der Waals surface area contributed by atoms with Gasteiger partial charge < -0.3 is 9.84 Å². The number of hydrogen-bond acceptors (Lipinski definition) is 4. The van der Waals surface area contributed by atoms with Crippen LogP contribution < -0.4 is 5.32 Å². The summed E-state index contributed by atoms with van der Waals surface area (Å²) < 4.78 is 5.79. The SMILES string of the molecule is CC1=C(c2nc(-c3cccc(Cl)c3)no2)C(c2ccc(C)c(C)c2)NC(=O)N1Cc1cccc(C)c1. The lowest BCUT2D eigenvalue weighted by Crippen LogP contribution is -2.45. The second-order valence-corrected chi connectivity index (χ2v) is 9.67.